The maximum Gasteiger partial charge on any atom is 0.410 e. The van der Waals surface area contributed by atoms with Crippen LogP contribution < -0.4 is 5.32 Å². The fraction of sp³-hybridized carbons (Fsp3) is 0.517. The van der Waals surface area contributed by atoms with Gasteiger partial charge in [-0.25, -0.2) is 9.59 Å². The lowest BCUT2D eigenvalue weighted by molar-refractivity contribution is 0.0138. The van der Waals surface area contributed by atoms with Crippen LogP contribution in [0, 0.1) is 0 Å². The normalized spacial score (nSPS) is 15.8. The maximum absolute atomic E-state index is 12.3. The number of rotatable bonds is 5. The van der Waals surface area contributed by atoms with Crippen LogP contribution in [0.5, 0.6) is 0 Å². The summed E-state index contributed by atoms with van der Waals surface area (Å²) in [6.07, 6.45) is -0.651. The number of carbonyl (C=O) groups excluding carboxylic acids is 2. The lowest BCUT2D eigenvalue weighted by Gasteiger charge is -2.35. The Kier molecular flexibility index (Phi) is 8.67. The first-order chi connectivity index (χ1) is 16.8. The summed E-state index contributed by atoms with van der Waals surface area (Å²) >= 11 is 0. The Hall–Kier alpha value is -3.06. The molecular formula is C29H41N3O4. The van der Waals surface area contributed by atoms with Gasteiger partial charge in [0.05, 0.1) is 6.04 Å². The van der Waals surface area contributed by atoms with Crippen molar-refractivity contribution in [2.24, 2.45) is 0 Å². The quantitative estimate of drug-likeness (QED) is 0.552. The van der Waals surface area contributed by atoms with Gasteiger partial charge in [-0.2, -0.15) is 0 Å². The van der Waals surface area contributed by atoms with Crippen molar-refractivity contribution in [2.75, 3.05) is 26.2 Å². The Morgan fingerprint density at radius 3 is 2.06 bits per heavy atom. The van der Waals surface area contributed by atoms with Crippen LogP contribution in [0.2, 0.25) is 0 Å². The number of ether oxygens (including phenoxy) is 2. The SMILES string of the molecule is C[C@H](NC(=O)OC(C)(C)C)c1ccc(-c2cccc(CN3CCN(C(=O)OC(C)(C)C)CC3)c2)cc1. The topological polar surface area (TPSA) is 71.1 Å². The molecule has 196 valence electrons. The Morgan fingerprint density at radius 2 is 1.47 bits per heavy atom. The lowest BCUT2D eigenvalue weighted by Crippen LogP contribution is -2.49. The smallest absolute Gasteiger partial charge is 0.410 e. The Balaban J connectivity index is 1.56. The van der Waals surface area contributed by atoms with Gasteiger partial charge in [-0.3, -0.25) is 4.90 Å². The summed E-state index contributed by atoms with van der Waals surface area (Å²) in [6, 6.07) is 16.7. The largest absolute Gasteiger partial charge is 0.444 e. The molecule has 2 aromatic rings. The molecule has 0 aromatic heterocycles. The van der Waals surface area contributed by atoms with Crippen LogP contribution in [0.1, 0.15) is 65.6 Å². The van der Waals surface area contributed by atoms with Gasteiger partial charge in [-0.1, -0.05) is 42.5 Å². The third-order valence-corrected chi connectivity index (χ3v) is 5.83. The first-order valence-corrected chi connectivity index (χ1v) is 12.7. The number of carbonyl (C=O) groups is 2. The second-order valence-electron chi connectivity index (χ2n) is 11.4. The number of alkyl carbamates (subject to hydrolysis) is 1. The van der Waals surface area contributed by atoms with E-state index in [1.165, 1.54) is 5.56 Å². The molecule has 7 heteroatoms. The number of benzene rings is 2. The highest BCUT2D eigenvalue weighted by molar-refractivity contribution is 5.69. The van der Waals surface area contributed by atoms with Gasteiger partial charge in [-0.15, -0.1) is 0 Å². The van der Waals surface area contributed by atoms with Gasteiger partial charge in [0, 0.05) is 32.7 Å². The summed E-state index contributed by atoms with van der Waals surface area (Å²) in [5.74, 6) is 0. The van der Waals surface area contributed by atoms with Crippen molar-refractivity contribution < 1.29 is 19.1 Å². The Morgan fingerprint density at radius 1 is 0.861 bits per heavy atom. The third kappa shape index (κ3) is 8.55. The molecule has 7 nitrogen and oxygen atoms in total. The second-order valence-corrected chi connectivity index (χ2v) is 11.4. The number of nitrogens with zero attached hydrogens (tertiary/aromatic N) is 2. The van der Waals surface area contributed by atoms with E-state index in [9.17, 15) is 9.59 Å². The fourth-order valence-corrected chi connectivity index (χ4v) is 4.05. The molecule has 0 unspecified atom stereocenters. The molecule has 36 heavy (non-hydrogen) atoms. The third-order valence-electron chi connectivity index (χ3n) is 5.83. The zero-order valence-corrected chi connectivity index (χ0v) is 22.8. The van der Waals surface area contributed by atoms with E-state index in [4.69, 9.17) is 9.47 Å². The minimum atomic E-state index is -0.523. The molecule has 1 atom stereocenters. The van der Waals surface area contributed by atoms with E-state index >= 15 is 0 Å². The molecule has 1 aliphatic heterocycles. The summed E-state index contributed by atoms with van der Waals surface area (Å²) in [6.45, 7) is 17.0. The van der Waals surface area contributed by atoms with Crippen molar-refractivity contribution in [3.05, 3.63) is 59.7 Å². The maximum atomic E-state index is 12.3. The van der Waals surface area contributed by atoms with Gasteiger partial charge >= 0.3 is 12.2 Å². The van der Waals surface area contributed by atoms with Crippen LogP contribution in [0.3, 0.4) is 0 Å². The van der Waals surface area contributed by atoms with E-state index < -0.39 is 17.3 Å². The molecule has 1 fully saturated rings. The van der Waals surface area contributed by atoms with Crippen LogP contribution >= 0.6 is 0 Å². The van der Waals surface area contributed by atoms with Crippen molar-refractivity contribution in [1.82, 2.24) is 15.1 Å². The van der Waals surface area contributed by atoms with Gasteiger partial charge in [0.15, 0.2) is 0 Å². The van der Waals surface area contributed by atoms with E-state index in [1.807, 2.05) is 60.6 Å². The molecule has 0 aliphatic carbocycles. The van der Waals surface area contributed by atoms with Crippen molar-refractivity contribution in [3.8, 4) is 11.1 Å². The van der Waals surface area contributed by atoms with Crippen molar-refractivity contribution in [1.29, 1.82) is 0 Å². The first-order valence-electron chi connectivity index (χ1n) is 12.7. The predicted molar refractivity (Wildman–Crippen MR) is 143 cm³/mol. The van der Waals surface area contributed by atoms with Crippen LogP contribution in [-0.4, -0.2) is 59.4 Å². The Labute approximate surface area is 215 Å². The van der Waals surface area contributed by atoms with Crippen molar-refractivity contribution >= 4 is 12.2 Å². The molecule has 3 rings (SSSR count). The summed E-state index contributed by atoms with van der Waals surface area (Å²) in [5.41, 5.74) is 3.54. The average Bonchev–Trinajstić information content (AvgIpc) is 2.77. The van der Waals surface area contributed by atoms with Crippen LogP contribution in [-0.2, 0) is 16.0 Å². The molecule has 0 saturated carbocycles. The lowest BCUT2D eigenvalue weighted by atomic mass is 9.99. The van der Waals surface area contributed by atoms with Crippen LogP contribution in [0.25, 0.3) is 11.1 Å². The van der Waals surface area contributed by atoms with Crippen LogP contribution in [0.4, 0.5) is 9.59 Å². The van der Waals surface area contributed by atoms with E-state index in [0.29, 0.717) is 13.1 Å². The first kappa shape index (κ1) is 27.5. The zero-order chi connectivity index (χ0) is 26.5. The molecule has 1 saturated heterocycles. The van der Waals surface area contributed by atoms with E-state index in [2.05, 4.69) is 46.6 Å². The molecular weight excluding hydrogens is 454 g/mol. The molecule has 0 bridgehead atoms. The van der Waals surface area contributed by atoms with Crippen molar-refractivity contribution in [2.45, 2.75) is 72.3 Å². The van der Waals surface area contributed by atoms with Gasteiger partial charge in [-0.05, 0) is 76.8 Å². The highest BCUT2D eigenvalue weighted by atomic mass is 16.6. The number of piperazine rings is 1. The van der Waals surface area contributed by atoms with E-state index in [-0.39, 0.29) is 12.1 Å². The zero-order valence-electron chi connectivity index (χ0n) is 22.8. The monoisotopic (exact) mass is 495 g/mol. The number of nitrogens with one attached hydrogen (secondary N) is 1. The summed E-state index contributed by atoms with van der Waals surface area (Å²) in [5, 5.41) is 2.89. The predicted octanol–water partition coefficient (Wildman–Crippen LogP) is 5.99. The molecule has 0 spiro atoms. The molecule has 1 aliphatic rings. The molecule has 0 radical (unpaired) electrons. The van der Waals surface area contributed by atoms with Gasteiger partial charge in [0.2, 0.25) is 0 Å². The molecule has 1 heterocycles. The number of hydrogen-bond donors (Lipinski definition) is 1. The number of hydrogen-bond acceptors (Lipinski definition) is 5. The van der Waals surface area contributed by atoms with Gasteiger partial charge in [0.1, 0.15) is 11.2 Å². The minimum Gasteiger partial charge on any atom is -0.444 e. The molecule has 2 aromatic carbocycles. The highest BCUT2D eigenvalue weighted by Crippen LogP contribution is 2.24. The van der Waals surface area contributed by atoms with E-state index in [0.717, 1.165) is 36.3 Å². The Bertz CT molecular complexity index is 1030. The second kappa shape index (κ2) is 11.3. The van der Waals surface area contributed by atoms with Crippen LogP contribution in [0.15, 0.2) is 48.5 Å². The van der Waals surface area contributed by atoms with Crippen molar-refractivity contribution in [3.63, 3.8) is 0 Å². The summed E-state index contributed by atoms with van der Waals surface area (Å²) in [4.78, 5) is 28.5. The van der Waals surface area contributed by atoms with E-state index in [1.54, 1.807) is 4.90 Å². The minimum absolute atomic E-state index is 0.153. The fourth-order valence-electron chi connectivity index (χ4n) is 4.05. The molecule has 1 N–H and O–H groups in total. The summed E-state index contributed by atoms with van der Waals surface area (Å²) < 4.78 is 10.9. The highest BCUT2D eigenvalue weighted by Gasteiger charge is 2.26. The average molecular weight is 496 g/mol. The van der Waals surface area contributed by atoms with Gasteiger partial charge in [0.25, 0.3) is 0 Å². The number of amides is 2. The molecule has 2 amide bonds. The van der Waals surface area contributed by atoms with Gasteiger partial charge < -0.3 is 19.7 Å². The standard InChI is InChI=1S/C29H41N3O4/c1-21(30-26(33)35-28(2,3)4)23-11-13-24(14-12-23)25-10-8-9-22(19-25)20-31-15-17-32(18-16-31)27(34)36-29(5,6)7/h8-14,19,21H,15-18,20H2,1-7H3,(H,30,33)/t21-/m0/s1. The summed E-state index contributed by atoms with van der Waals surface area (Å²) in [7, 11) is 0.